The maximum absolute atomic E-state index is 13.9. The van der Waals surface area contributed by atoms with Crippen molar-refractivity contribution in [1.82, 2.24) is 0 Å². The van der Waals surface area contributed by atoms with Crippen molar-refractivity contribution in [3.63, 3.8) is 0 Å². The zero-order valence-corrected chi connectivity index (χ0v) is 12.0. The summed E-state index contributed by atoms with van der Waals surface area (Å²) >= 11 is 5.92. The zero-order valence-electron chi connectivity index (χ0n) is 11.2. The Bertz CT molecular complexity index is 653. The molecule has 0 saturated heterocycles. The second-order valence-corrected chi connectivity index (χ2v) is 4.93. The molecule has 0 aliphatic rings. The molecular formula is C16H14ClFO2. The van der Waals surface area contributed by atoms with Crippen LogP contribution < -0.4 is 4.74 Å². The van der Waals surface area contributed by atoms with Gasteiger partial charge in [-0.2, -0.15) is 0 Å². The van der Waals surface area contributed by atoms with Gasteiger partial charge in [-0.25, -0.2) is 4.39 Å². The van der Waals surface area contributed by atoms with Crippen LogP contribution in [0.4, 0.5) is 4.39 Å². The minimum absolute atomic E-state index is 0.0457. The number of carbonyl (C=O) groups is 1. The molecule has 2 aromatic carbocycles. The SMILES string of the molecule is COc1ccc(Cl)cc1CC(=O)c1cccc(C)c1F. The summed E-state index contributed by atoms with van der Waals surface area (Å²) in [5, 5.41) is 0.512. The van der Waals surface area contributed by atoms with E-state index in [4.69, 9.17) is 16.3 Å². The molecule has 20 heavy (non-hydrogen) atoms. The minimum Gasteiger partial charge on any atom is -0.496 e. The van der Waals surface area contributed by atoms with E-state index in [2.05, 4.69) is 0 Å². The van der Waals surface area contributed by atoms with Gasteiger partial charge in [0.1, 0.15) is 11.6 Å². The molecule has 0 atom stereocenters. The molecule has 0 spiro atoms. The second kappa shape index (κ2) is 6.06. The van der Waals surface area contributed by atoms with E-state index >= 15 is 0 Å². The number of ketones is 1. The monoisotopic (exact) mass is 292 g/mol. The van der Waals surface area contributed by atoms with E-state index in [0.29, 0.717) is 21.9 Å². The summed E-state index contributed by atoms with van der Waals surface area (Å²) in [4.78, 5) is 12.2. The Hall–Kier alpha value is -1.87. The van der Waals surface area contributed by atoms with Gasteiger partial charge < -0.3 is 4.74 Å². The minimum atomic E-state index is -0.474. The molecule has 0 N–H and O–H groups in total. The van der Waals surface area contributed by atoms with Gasteiger partial charge in [0, 0.05) is 17.0 Å². The standard InChI is InChI=1S/C16H14ClFO2/c1-10-4-3-5-13(16(10)18)14(19)9-11-8-12(17)6-7-15(11)20-2/h3-8H,9H2,1-2H3. The van der Waals surface area contributed by atoms with Crippen molar-refractivity contribution in [3.8, 4) is 5.75 Å². The smallest absolute Gasteiger partial charge is 0.170 e. The summed E-state index contributed by atoms with van der Waals surface area (Å²) in [7, 11) is 1.52. The number of Topliss-reactive ketones (excluding diaryl/α,β-unsaturated/α-hetero) is 1. The van der Waals surface area contributed by atoms with Crippen LogP contribution in [0.3, 0.4) is 0 Å². The fourth-order valence-corrected chi connectivity index (χ4v) is 2.21. The fraction of sp³-hybridized carbons (Fsp3) is 0.188. The van der Waals surface area contributed by atoms with Crippen LogP contribution in [0.15, 0.2) is 36.4 Å². The molecule has 0 radical (unpaired) electrons. The number of methoxy groups -OCH3 is 1. The maximum Gasteiger partial charge on any atom is 0.170 e. The summed E-state index contributed by atoms with van der Waals surface area (Å²) in [6, 6.07) is 9.82. The molecule has 4 heteroatoms. The first kappa shape index (κ1) is 14.5. The van der Waals surface area contributed by atoms with Gasteiger partial charge in [-0.15, -0.1) is 0 Å². The van der Waals surface area contributed by atoms with Crippen LogP contribution in [0, 0.1) is 12.7 Å². The topological polar surface area (TPSA) is 26.3 Å². The number of carbonyl (C=O) groups excluding carboxylic acids is 1. The molecule has 0 unspecified atom stereocenters. The van der Waals surface area contributed by atoms with Crippen molar-refractivity contribution in [2.24, 2.45) is 0 Å². The molecule has 0 bridgehead atoms. The number of benzene rings is 2. The van der Waals surface area contributed by atoms with Crippen LogP contribution in [-0.2, 0) is 6.42 Å². The lowest BCUT2D eigenvalue weighted by Gasteiger charge is -2.09. The van der Waals surface area contributed by atoms with E-state index in [-0.39, 0.29) is 17.8 Å². The average molecular weight is 293 g/mol. The highest BCUT2D eigenvalue weighted by Crippen LogP contribution is 2.24. The van der Waals surface area contributed by atoms with Crippen molar-refractivity contribution < 1.29 is 13.9 Å². The summed E-state index contributed by atoms with van der Waals surface area (Å²) in [6.07, 6.45) is 0.0457. The van der Waals surface area contributed by atoms with E-state index in [9.17, 15) is 9.18 Å². The first-order valence-corrected chi connectivity index (χ1v) is 6.51. The predicted octanol–water partition coefficient (Wildman–Crippen LogP) is 4.22. The van der Waals surface area contributed by atoms with Gasteiger partial charge in [-0.3, -0.25) is 4.79 Å². The molecule has 0 amide bonds. The summed E-state index contributed by atoms with van der Waals surface area (Å²) in [5.41, 5.74) is 1.19. The molecule has 0 saturated carbocycles. The van der Waals surface area contributed by atoms with E-state index in [1.54, 1.807) is 37.3 Å². The third-order valence-corrected chi connectivity index (χ3v) is 3.32. The van der Waals surface area contributed by atoms with Crippen molar-refractivity contribution in [1.29, 1.82) is 0 Å². The van der Waals surface area contributed by atoms with Crippen molar-refractivity contribution in [2.75, 3.05) is 7.11 Å². The molecule has 0 aliphatic carbocycles. The molecule has 2 rings (SSSR count). The molecule has 0 aromatic heterocycles. The zero-order chi connectivity index (χ0) is 14.7. The predicted molar refractivity (Wildman–Crippen MR) is 77.2 cm³/mol. The number of halogens is 2. The lowest BCUT2D eigenvalue weighted by atomic mass is 10.0. The summed E-state index contributed by atoms with van der Waals surface area (Å²) < 4.78 is 19.1. The molecular weight excluding hydrogens is 279 g/mol. The normalized spacial score (nSPS) is 10.4. The van der Waals surface area contributed by atoms with Crippen LogP contribution in [0.1, 0.15) is 21.5 Å². The number of aryl methyl sites for hydroxylation is 1. The van der Waals surface area contributed by atoms with E-state index < -0.39 is 5.82 Å². The van der Waals surface area contributed by atoms with Crippen LogP contribution >= 0.6 is 11.6 Å². The highest BCUT2D eigenvalue weighted by atomic mass is 35.5. The van der Waals surface area contributed by atoms with Gasteiger partial charge in [0.25, 0.3) is 0 Å². The second-order valence-electron chi connectivity index (χ2n) is 4.49. The Balaban J connectivity index is 2.32. The third kappa shape index (κ3) is 2.99. The van der Waals surface area contributed by atoms with Crippen LogP contribution in [0.2, 0.25) is 5.02 Å². The average Bonchev–Trinajstić information content (AvgIpc) is 2.42. The van der Waals surface area contributed by atoms with E-state index in [0.717, 1.165) is 0 Å². The fourth-order valence-electron chi connectivity index (χ4n) is 2.02. The molecule has 2 aromatic rings. The highest BCUT2D eigenvalue weighted by molar-refractivity contribution is 6.30. The van der Waals surface area contributed by atoms with Crippen molar-refractivity contribution in [3.05, 3.63) is 63.9 Å². The van der Waals surface area contributed by atoms with Gasteiger partial charge in [0.05, 0.1) is 12.7 Å². The number of rotatable bonds is 4. The Labute approximate surface area is 122 Å². The van der Waals surface area contributed by atoms with Gasteiger partial charge in [0.2, 0.25) is 0 Å². The molecule has 2 nitrogen and oxygen atoms in total. The van der Waals surface area contributed by atoms with Gasteiger partial charge >= 0.3 is 0 Å². The van der Waals surface area contributed by atoms with E-state index in [1.807, 2.05) is 0 Å². The Kier molecular flexibility index (Phi) is 4.40. The quantitative estimate of drug-likeness (QED) is 0.789. The molecule has 0 fully saturated rings. The maximum atomic E-state index is 13.9. The van der Waals surface area contributed by atoms with Gasteiger partial charge in [0.15, 0.2) is 5.78 Å². The number of ether oxygens (including phenoxy) is 1. The molecule has 0 heterocycles. The lowest BCUT2D eigenvalue weighted by Crippen LogP contribution is -2.08. The third-order valence-electron chi connectivity index (χ3n) is 3.09. The van der Waals surface area contributed by atoms with Crippen LogP contribution in [0.25, 0.3) is 0 Å². The molecule has 104 valence electrons. The van der Waals surface area contributed by atoms with E-state index in [1.165, 1.54) is 13.2 Å². The molecule has 0 aliphatic heterocycles. The number of hydrogen-bond acceptors (Lipinski definition) is 2. The van der Waals surface area contributed by atoms with Crippen molar-refractivity contribution in [2.45, 2.75) is 13.3 Å². The largest absolute Gasteiger partial charge is 0.496 e. The lowest BCUT2D eigenvalue weighted by molar-refractivity contribution is 0.0988. The first-order chi connectivity index (χ1) is 9.52. The Morgan fingerprint density at radius 3 is 2.75 bits per heavy atom. The van der Waals surface area contributed by atoms with Crippen molar-refractivity contribution >= 4 is 17.4 Å². The first-order valence-electron chi connectivity index (χ1n) is 6.13. The van der Waals surface area contributed by atoms with Gasteiger partial charge in [-0.1, -0.05) is 23.7 Å². The highest BCUT2D eigenvalue weighted by Gasteiger charge is 2.16. The van der Waals surface area contributed by atoms with Crippen LogP contribution in [-0.4, -0.2) is 12.9 Å². The summed E-state index contributed by atoms with van der Waals surface area (Å²) in [5.74, 6) is -0.207. The summed E-state index contributed by atoms with van der Waals surface area (Å²) in [6.45, 7) is 1.63. The van der Waals surface area contributed by atoms with Gasteiger partial charge in [-0.05, 0) is 36.8 Å². The van der Waals surface area contributed by atoms with Crippen LogP contribution in [0.5, 0.6) is 5.75 Å². The Morgan fingerprint density at radius 1 is 1.30 bits per heavy atom. The number of hydrogen-bond donors (Lipinski definition) is 0. The Morgan fingerprint density at radius 2 is 2.05 bits per heavy atom.